The van der Waals surface area contributed by atoms with E-state index in [1.165, 1.54) is 44.9 Å². The molecule has 22 heavy (non-hydrogen) atoms. The van der Waals surface area contributed by atoms with Crippen molar-refractivity contribution in [1.29, 1.82) is 0 Å². The quantitative estimate of drug-likeness (QED) is 0.279. The lowest BCUT2D eigenvalue weighted by Gasteiger charge is -1.94. The number of carbonyl (C=O) groups is 1. The maximum Gasteiger partial charge on any atom is 0.303 e. The van der Waals surface area contributed by atoms with Crippen LogP contribution < -0.4 is 0 Å². The van der Waals surface area contributed by atoms with Gasteiger partial charge in [-0.15, -0.1) is 0 Å². The minimum atomic E-state index is -0.719. The monoisotopic (exact) mass is 306 g/mol. The van der Waals surface area contributed by atoms with E-state index in [0.29, 0.717) is 6.42 Å². The molecule has 0 saturated heterocycles. The molecule has 0 rings (SSSR count). The first kappa shape index (κ1) is 20.7. The molecular weight excluding hydrogens is 272 g/mol. The lowest BCUT2D eigenvalue weighted by atomic mass is 10.1. The number of carboxylic acid groups (broad SMARTS) is 1. The van der Waals surface area contributed by atoms with Crippen molar-refractivity contribution in [1.82, 2.24) is 0 Å². The zero-order valence-corrected chi connectivity index (χ0v) is 14.3. The van der Waals surface area contributed by atoms with Crippen LogP contribution in [0.15, 0.2) is 36.5 Å². The summed E-state index contributed by atoms with van der Waals surface area (Å²) in [5.41, 5.74) is 0. The molecule has 0 aliphatic rings. The maximum absolute atomic E-state index is 10.3. The third-order valence-corrected chi connectivity index (χ3v) is 3.48. The molecule has 2 nitrogen and oxygen atoms in total. The molecule has 0 aromatic carbocycles. The predicted octanol–water partition coefficient (Wildman–Crippen LogP) is 6.44. The highest BCUT2D eigenvalue weighted by Crippen LogP contribution is 2.04. The molecule has 126 valence electrons. The van der Waals surface area contributed by atoms with Crippen LogP contribution in [0.25, 0.3) is 0 Å². The molecule has 0 aliphatic heterocycles. The molecule has 0 bridgehead atoms. The zero-order valence-electron chi connectivity index (χ0n) is 14.3. The van der Waals surface area contributed by atoms with Crippen molar-refractivity contribution in [2.24, 2.45) is 0 Å². The van der Waals surface area contributed by atoms with E-state index in [9.17, 15) is 4.79 Å². The highest BCUT2D eigenvalue weighted by Gasteiger charge is 1.91. The van der Waals surface area contributed by atoms with Gasteiger partial charge >= 0.3 is 5.97 Å². The predicted molar refractivity (Wildman–Crippen MR) is 96.1 cm³/mol. The van der Waals surface area contributed by atoms with Gasteiger partial charge in [-0.2, -0.15) is 0 Å². The lowest BCUT2D eigenvalue weighted by Crippen LogP contribution is -1.91. The van der Waals surface area contributed by atoms with Gasteiger partial charge in [0.2, 0.25) is 0 Å². The zero-order chi connectivity index (χ0) is 16.3. The number of aliphatic carboxylic acids is 1. The third kappa shape index (κ3) is 18.7. The smallest absolute Gasteiger partial charge is 0.303 e. The Hall–Kier alpha value is -1.31. The Morgan fingerprint density at radius 2 is 1.09 bits per heavy atom. The molecule has 0 aliphatic carbocycles. The van der Waals surface area contributed by atoms with E-state index in [0.717, 1.165) is 19.3 Å². The van der Waals surface area contributed by atoms with Gasteiger partial charge in [0.1, 0.15) is 0 Å². The second-order valence-electron chi connectivity index (χ2n) is 5.70. The molecule has 0 aromatic heterocycles. The van der Waals surface area contributed by atoms with E-state index in [1.807, 2.05) is 6.08 Å². The highest BCUT2D eigenvalue weighted by atomic mass is 16.4. The summed E-state index contributed by atoms with van der Waals surface area (Å²) in [4.78, 5) is 10.3. The Morgan fingerprint density at radius 1 is 0.682 bits per heavy atom. The van der Waals surface area contributed by atoms with Crippen LogP contribution in [0.5, 0.6) is 0 Å². The average Bonchev–Trinajstić information content (AvgIpc) is 2.50. The third-order valence-electron chi connectivity index (χ3n) is 3.48. The number of rotatable bonds is 15. The Morgan fingerprint density at radius 3 is 1.50 bits per heavy atom. The van der Waals surface area contributed by atoms with Crippen molar-refractivity contribution in [2.75, 3.05) is 0 Å². The van der Waals surface area contributed by atoms with Crippen LogP contribution >= 0.6 is 0 Å². The Balaban J connectivity index is 3.25. The summed E-state index contributed by atoms with van der Waals surface area (Å²) in [5, 5.41) is 8.49. The molecule has 0 heterocycles. The van der Waals surface area contributed by atoms with E-state index in [-0.39, 0.29) is 6.42 Å². The number of allylic oxidation sites excluding steroid dienone is 6. The normalized spacial score (nSPS) is 12.0. The standard InChI is InChI=1S/C20H34O2/c1-2-3-4-5-6-7-8-9-10-11-12-13-14-15-16-17-18-19-20(21)22/h6-7,11-12,16-17H,2-5,8-10,13-15,18-19H2,1H3,(H,21,22)/b7-6+,12-11+,17-16+. The van der Waals surface area contributed by atoms with Gasteiger partial charge in [0.05, 0.1) is 0 Å². The van der Waals surface area contributed by atoms with Gasteiger partial charge in [0.15, 0.2) is 0 Å². The number of hydrogen-bond donors (Lipinski definition) is 1. The van der Waals surface area contributed by atoms with Crippen molar-refractivity contribution in [3.63, 3.8) is 0 Å². The molecule has 0 fully saturated rings. The molecule has 0 amide bonds. The van der Waals surface area contributed by atoms with Crippen molar-refractivity contribution >= 4 is 5.97 Å². The van der Waals surface area contributed by atoms with E-state index in [2.05, 4.69) is 37.3 Å². The van der Waals surface area contributed by atoms with E-state index in [1.54, 1.807) is 0 Å². The topological polar surface area (TPSA) is 37.3 Å². The minimum Gasteiger partial charge on any atom is -0.481 e. The van der Waals surface area contributed by atoms with Gasteiger partial charge in [-0.25, -0.2) is 0 Å². The summed E-state index contributed by atoms with van der Waals surface area (Å²) in [5.74, 6) is -0.719. The van der Waals surface area contributed by atoms with Crippen LogP contribution in [-0.2, 0) is 4.79 Å². The SMILES string of the molecule is CCCCC/C=C/CCC/C=C/CCC/C=C/CCC(=O)O. The first-order valence-electron chi connectivity index (χ1n) is 8.94. The average molecular weight is 306 g/mol. The van der Waals surface area contributed by atoms with Crippen molar-refractivity contribution in [3.05, 3.63) is 36.5 Å². The summed E-state index contributed by atoms with van der Waals surface area (Å²) in [7, 11) is 0. The second-order valence-corrected chi connectivity index (χ2v) is 5.70. The van der Waals surface area contributed by atoms with Gasteiger partial charge in [-0.3, -0.25) is 4.79 Å². The number of carboxylic acids is 1. The van der Waals surface area contributed by atoms with Crippen molar-refractivity contribution < 1.29 is 9.90 Å². The first-order valence-corrected chi connectivity index (χ1v) is 8.94. The summed E-state index contributed by atoms with van der Waals surface area (Å²) >= 11 is 0. The van der Waals surface area contributed by atoms with Crippen molar-refractivity contribution in [3.8, 4) is 0 Å². The van der Waals surface area contributed by atoms with Gasteiger partial charge in [0, 0.05) is 6.42 Å². The van der Waals surface area contributed by atoms with Crippen LogP contribution in [-0.4, -0.2) is 11.1 Å². The van der Waals surface area contributed by atoms with E-state index >= 15 is 0 Å². The highest BCUT2D eigenvalue weighted by molar-refractivity contribution is 5.66. The lowest BCUT2D eigenvalue weighted by molar-refractivity contribution is -0.136. The molecule has 1 N–H and O–H groups in total. The fourth-order valence-electron chi connectivity index (χ4n) is 2.13. The molecule has 0 spiro atoms. The molecule has 2 heteroatoms. The van der Waals surface area contributed by atoms with Crippen LogP contribution in [0.4, 0.5) is 0 Å². The Kier molecular flexibility index (Phi) is 16.7. The molecular formula is C20H34O2. The fourth-order valence-corrected chi connectivity index (χ4v) is 2.13. The van der Waals surface area contributed by atoms with E-state index in [4.69, 9.17) is 5.11 Å². The molecule has 0 radical (unpaired) electrons. The number of hydrogen-bond acceptors (Lipinski definition) is 1. The summed E-state index contributed by atoms with van der Waals surface area (Å²) < 4.78 is 0. The summed E-state index contributed by atoms with van der Waals surface area (Å²) in [6, 6.07) is 0. The Labute approximate surface area is 137 Å². The van der Waals surface area contributed by atoms with Crippen LogP contribution in [0.2, 0.25) is 0 Å². The molecule has 0 aromatic rings. The van der Waals surface area contributed by atoms with Crippen LogP contribution in [0.1, 0.15) is 84.0 Å². The van der Waals surface area contributed by atoms with Gasteiger partial charge in [-0.1, -0.05) is 56.2 Å². The Bertz CT molecular complexity index is 327. The van der Waals surface area contributed by atoms with Crippen LogP contribution in [0, 0.1) is 0 Å². The largest absolute Gasteiger partial charge is 0.481 e. The minimum absolute atomic E-state index is 0.240. The second kappa shape index (κ2) is 17.7. The van der Waals surface area contributed by atoms with Crippen LogP contribution in [0.3, 0.4) is 0 Å². The van der Waals surface area contributed by atoms with Gasteiger partial charge in [0.25, 0.3) is 0 Å². The summed E-state index contributed by atoms with van der Waals surface area (Å²) in [6.45, 7) is 2.24. The molecule has 0 saturated carbocycles. The summed E-state index contributed by atoms with van der Waals surface area (Å²) in [6.07, 6.45) is 26.3. The van der Waals surface area contributed by atoms with Gasteiger partial charge < -0.3 is 5.11 Å². The maximum atomic E-state index is 10.3. The van der Waals surface area contributed by atoms with E-state index < -0.39 is 5.97 Å². The first-order chi connectivity index (χ1) is 10.8. The fraction of sp³-hybridized carbons (Fsp3) is 0.650. The van der Waals surface area contributed by atoms with Gasteiger partial charge in [-0.05, 0) is 57.8 Å². The molecule has 0 unspecified atom stereocenters. The van der Waals surface area contributed by atoms with Crippen molar-refractivity contribution in [2.45, 2.75) is 84.0 Å². The number of unbranched alkanes of at least 4 members (excludes halogenated alkanes) is 7. The molecule has 0 atom stereocenters.